The molecule has 0 amide bonds. The number of cyclic esters (lactones) is 1. The molecule has 1 aromatic rings. The molecule has 0 aliphatic carbocycles. The molecule has 1 aliphatic rings. The molecule has 1 saturated heterocycles. The molecule has 1 aromatic carbocycles. The van der Waals surface area contributed by atoms with Crippen molar-refractivity contribution in [3.05, 3.63) is 35.9 Å². The summed E-state index contributed by atoms with van der Waals surface area (Å²) in [5, 5.41) is 6.43. The highest BCUT2D eigenvalue weighted by atomic mass is 16.6. The second-order valence-corrected chi connectivity index (χ2v) is 5.97. The standard InChI is InChI=1S/C17H24N2O3/c1-11-12(2)22-17(21)16(11)19-13(3)18-15(10-20)9-14-7-5-4-6-8-14/h4-8,10-13,15-16,18-19H,9H2,1-3H3/t11-,12-,13?,15+,16?/m0/s1. The first kappa shape index (κ1) is 16.6. The fourth-order valence-electron chi connectivity index (χ4n) is 2.72. The van der Waals surface area contributed by atoms with Crippen molar-refractivity contribution in [2.45, 2.75) is 51.5 Å². The molecule has 0 bridgehead atoms. The van der Waals surface area contributed by atoms with Gasteiger partial charge in [0, 0.05) is 5.92 Å². The highest BCUT2D eigenvalue weighted by Gasteiger charge is 2.39. The molecule has 5 nitrogen and oxygen atoms in total. The van der Waals surface area contributed by atoms with E-state index >= 15 is 0 Å². The van der Waals surface area contributed by atoms with E-state index < -0.39 is 0 Å². The second kappa shape index (κ2) is 7.51. The molecule has 5 atom stereocenters. The van der Waals surface area contributed by atoms with Gasteiger partial charge in [-0.05, 0) is 25.8 Å². The van der Waals surface area contributed by atoms with Crippen molar-refractivity contribution in [1.82, 2.24) is 10.6 Å². The molecule has 2 unspecified atom stereocenters. The zero-order valence-corrected chi connectivity index (χ0v) is 13.3. The summed E-state index contributed by atoms with van der Waals surface area (Å²) in [7, 11) is 0. The predicted molar refractivity (Wildman–Crippen MR) is 84.2 cm³/mol. The summed E-state index contributed by atoms with van der Waals surface area (Å²) in [5.41, 5.74) is 1.10. The number of rotatable bonds is 7. The Balaban J connectivity index is 1.88. The molecule has 0 saturated carbocycles. The Morgan fingerprint density at radius 3 is 2.50 bits per heavy atom. The number of hydrogen-bond donors (Lipinski definition) is 2. The normalized spacial score (nSPS) is 27.2. The quantitative estimate of drug-likeness (QED) is 0.451. The summed E-state index contributed by atoms with van der Waals surface area (Å²) in [6, 6.07) is 9.22. The molecule has 0 radical (unpaired) electrons. The van der Waals surface area contributed by atoms with Crippen LogP contribution in [0, 0.1) is 5.92 Å². The smallest absolute Gasteiger partial charge is 0.323 e. The average molecular weight is 304 g/mol. The summed E-state index contributed by atoms with van der Waals surface area (Å²) in [4.78, 5) is 23.1. The van der Waals surface area contributed by atoms with Gasteiger partial charge in [0.2, 0.25) is 0 Å². The van der Waals surface area contributed by atoms with Gasteiger partial charge >= 0.3 is 5.97 Å². The van der Waals surface area contributed by atoms with Crippen LogP contribution in [0.15, 0.2) is 30.3 Å². The van der Waals surface area contributed by atoms with Gasteiger partial charge in [0.05, 0.1) is 12.2 Å². The van der Waals surface area contributed by atoms with E-state index in [1.165, 1.54) is 0 Å². The first-order chi connectivity index (χ1) is 10.5. The van der Waals surface area contributed by atoms with Gasteiger partial charge in [-0.15, -0.1) is 0 Å². The van der Waals surface area contributed by atoms with E-state index in [-0.39, 0.29) is 36.2 Å². The maximum atomic E-state index is 11.8. The van der Waals surface area contributed by atoms with Gasteiger partial charge in [-0.2, -0.15) is 0 Å². The van der Waals surface area contributed by atoms with Gasteiger partial charge in [0.1, 0.15) is 18.4 Å². The van der Waals surface area contributed by atoms with E-state index in [0.717, 1.165) is 11.8 Å². The van der Waals surface area contributed by atoms with Crippen molar-refractivity contribution < 1.29 is 14.3 Å². The molecule has 0 aromatic heterocycles. The molecular weight excluding hydrogens is 280 g/mol. The largest absolute Gasteiger partial charge is 0.461 e. The third-order valence-electron chi connectivity index (χ3n) is 4.18. The molecule has 2 N–H and O–H groups in total. The monoisotopic (exact) mass is 304 g/mol. The Morgan fingerprint density at radius 2 is 1.95 bits per heavy atom. The number of hydrogen-bond acceptors (Lipinski definition) is 5. The molecule has 2 rings (SSSR count). The van der Waals surface area contributed by atoms with E-state index in [1.807, 2.05) is 51.1 Å². The summed E-state index contributed by atoms with van der Waals surface area (Å²) in [5.74, 6) is -0.111. The predicted octanol–water partition coefficient (Wildman–Crippen LogP) is 1.27. The molecule has 1 heterocycles. The minimum atomic E-state index is -0.332. The van der Waals surface area contributed by atoms with Crippen LogP contribution in [0.5, 0.6) is 0 Å². The summed E-state index contributed by atoms with van der Waals surface area (Å²) in [6.45, 7) is 5.79. The minimum absolute atomic E-state index is 0.0802. The van der Waals surface area contributed by atoms with E-state index in [9.17, 15) is 9.59 Å². The van der Waals surface area contributed by atoms with Gasteiger partial charge in [-0.25, -0.2) is 0 Å². The van der Waals surface area contributed by atoms with Crippen molar-refractivity contribution in [2.24, 2.45) is 5.92 Å². The van der Waals surface area contributed by atoms with Crippen LogP contribution in [0.2, 0.25) is 0 Å². The van der Waals surface area contributed by atoms with Crippen LogP contribution < -0.4 is 10.6 Å². The van der Waals surface area contributed by atoms with E-state index in [0.29, 0.717) is 6.42 Å². The minimum Gasteiger partial charge on any atom is -0.461 e. The van der Waals surface area contributed by atoms with Crippen molar-refractivity contribution in [3.8, 4) is 0 Å². The van der Waals surface area contributed by atoms with Crippen molar-refractivity contribution in [3.63, 3.8) is 0 Å². The van der Waals surface area contributed by atoms with Gasteiger partial charge in [0.25, 0.3) is 0 Å². The highest BCUT2D eigenvalue weighted by molar-refractivity contribution is 5.78. The first-order valence-electron chi connectivity index (χ1n) is 7.73. The highest BCUT2D eigenvalue weighted by Crippen LogP contribution is 2.21. The Labute approximate surface area is 131 Å². The van der Waals surface area contributed by atoms with Crippen molar-refractivity contribution >= 4 is 12.3 Å². The molecule has 120 valence electrons. The number of ether oxygens (including phenoxy) is 1. The number of benzene rings is 1. The first-order valence-corrected chi connectivity index (χ1v) is 7.73. The maximum Gasteiger partial charge on any atom is 0.323 e. The third-order valence-corrected chi connectivity index (χ3v) is 4.18. The zero-order valence-electron chi connectivity index (χ0n) is 13.3. The Hall–Kier alpha value is -1.72. The number of esters is 1. The molecule has 1 aliphatic heterocycles. The summed E-state index contributed by atoms with van der Waals surface area (Å²) in [6.07, 6.45) is 1.29. The van der Waals surface area contributed by atoms with Crippen LogP contribution in [0.3, 0.4) is 0 Å². The van der Waals surface area contributed by atoms with Crippen LogP contribution in [0.1, 0.15) is 26.3 Å². The van der Waals surface area contributed by atoms with Crippen LogP contribution in [-0.4, -0.2) is 36.6 Å². The topological polar surface area (TPSA) is 67.4 Å². The average Bonchev–Trinajstić information content (AvgIpc) is 2.74. The van der Waals surface area contributed by atoms with Crippen LogP contribution >= 0.6 is 0 Å². The van der Waals surface area contributed by atoms with Gasteiger partial charge in [-0.3, -0.25) is 15.4 Å². The Bertz CT molecular complexity index is 506. The van der Waals surface area contributed by atoms with Crippen molar-refractivity contribution in [1.29, 1.82) is 0 Å². The zero-order chi connectivity index (χ0) is 16.1. The second-order valence-electron chi connectivity index (χ2n) is 5.97. The Morgan fingerprint density at radius 1 is 1.27 bits per heavy atom. The van der Waals surface area contributed by atoms with E-state index in [2.05, 4.69) is 10.6 Å². The van der Waals surface area contributed by atoms with Crippen LogP contribution in [0.4, 0.5) is 0 Å². The number of carbonyl (C=O) groups excluding carboxylic acids is 2. The molecule has 22 heavy (non-hydrogen) atoms. The number of aldehydes is 1. The molecule has 1 fully saturated rings. The summed E-state index contributed by atoms with van der Waals surface area (Å²) >= 11 is 0. The molecule has 0 spiro atoms. The number of carbonyl (C=O) groups is 2. The summed E-state index contributed by atoms with van der Waals surface area (Å²) < 4.78 is 5.22. The lowest BCUT2D eigenvalue weighted by Crippen LogP contribution is -2.53. The Kier molecular flexibility index (Phi) is 5.69. The van der Waals surface area contributed by atoms with Gasteiger partial charge in [0.15, 0.2) is 0 Å². The van der Waals surface area contributed by atoms with Gasteiger partial charge in [-0.1, -0.05) is 37.3 Å². The third kappa shape index (κ3) is 4.15. The number of nitrogens with one attached hydrogen (secondary N) is 2. The SMILES string of the molecule is CC(NC1C(=O)O[C@@H](C)[C@@H]1C)N[C@@H](C=O)Cc1ccccc1. The van der Waals surface area contributed by atoms with Crippen LogP contribution in [0.25, 0.3) is 0 Å². The van der Waals surface area contributed by atoms with E-state index in [4.69, 9.17) is 4.74 Å². The fourth-order valence-corrected chi connectivity index (χ4v) is 2.72. The van der Waals surface area contributed by atoms with Crippen molar-refractivity contribution in [2.75, 3.05) is 0 Å². The maximum absolute atomic E-state index is 11.8. The lowest BCUT2D eigenvalue weighted by atomic mass is 10.00. The van der Waals surface area contributed by atoms with Crippen LogP contribution in [-0.2, 0) is 20.7 Å². The lowest BCUT2D eigenvalue weighted by Gasteiger charge is -2.24. The lowest BCUT2D eigenvalue weighted by molar-refractivity contribution is -0.142. The molecular formula is C17H24N2O3. The van der Waals surface area contributed by atoms with E-state index in [1.54, 1.807) is 0 Å². The molecule has 5 heteroatoms. The fraction of sp³-hybridized carbons (Fsp3) is 0.529. The van der Waals surface area contributed by atoms with Gasteiger partial charge < -0.3 is 9.53 Å².